The molecule has 1 aliphatic carbocycles. The fraction of sp³-hybridized carbons (Fsp3) is 0.583. The lowest BCUT2D eigenvalue weighted by molar-refractivity contribution is 0.429. The van der Waals surface area contributed by atoms with Gasteiger partial charge in [-0.1, -0.05) is 13.0 Å². The Morgan fingerprint density at radius 2 is 2.27 bits per heavy atom. The van der Waals surface area contributed by atoms with Gasteiger partial charge in [-0.15, -0.1) is 0 Å². The maximum Gasteiger partial charge on any atom is 0.126 e. The predicted molar refractivity (Wildman–Crippen MR) is 62.6 cm³/mol. The van der Waals surface area contributed by atoms with Crippen molar-refractivity contribution in [1.29, 1.82) is 0 Å². The number of nitrogens with two attached hydrogens (primary N) is 1. The van der Waals surface area contributed by atoms with Crippen LogP contribution in [0.15, 0.2) is 18.3 Å². The Balaban J connectivity index is 2.22. The molecule has 82 valence electrons. The molecule has 0 radical (unpaired) electrons. The fourth-order valence-electron chi connectivity index (χ4n) is 2.75. The number of pyridine rings is 1. The molecule has 1 saturated carbocycles. The number of hydrogen-bond acceptors (Lipinski definition) is 3. The van der Waals surface area contributed by atoms with E-state index in [0.29, 0.717) is 23.7 Å². The van der Waals surface area contributed by atoms with E-state index in [0.717, 1.165) is 0 Å². The summed E-state index contributed by atoms with van der Waals surface area (Å²) in [4.78, 5) is 4.17. The quantitative estimate of drug-likeness (QED) is 0.773. The van der Waals surface area contributed by atoms with Gasteiger partial charge in [0.05, 0.1) is 0 Å². The van der Waals surface area contributed by atoms with E-state index in [1.165, 1.54) is 18.4 Å². The molecule has 0 bridgehead atoms. The molecular formula is C12H19N3. The monoisotopic (exact) mass is 205 g/mol. The zero-order chi connectivity index (χ0) is 10.8. The van der Waals surface area contributed by atoms with Crippen molar-refractivity contribution in [3.63, 3.8) is 0 Å². The van der Waals surface area contributed by atoms with Crippen LogP contribution in [0.2, 0.25) is 0 Å². The summed E-state index contributed by atoms with van der Waals surface area (Å²) in [5.41, 5.74) is 7.14. The van der Waals surface area contributed by atoms with E-state index in [2.05, 4.69) is 23.3 Å². The molecule has 3 atom stereocenters. The Bertz CT molecular complexity index is 337. The summed E-state index contributed by atoms with van der Waals surface area (Å²) >= 11 is 0. The van der Waals surface area contributed by atoms with Crippen LogP contribution < -0.4 is 11.1 Å². The molecule has 1 aromatic rings. The van der Waals surface area contributed by atoms with E-state index in [-0.39, 0.29) is 0 Å². The lowest BCUT2D eigenvalue weighted by Gasteiger charge is -2.21. The van der Waals surface area contributed by atoms with Gasteiger partial charge in [-0.3, -0.25) is 0 Å². The summed E-state index contributed by atoms with van der Waals surface area (Å²) in [7, 11) is 2.04. The third-order valence-corrected chi connectivity index (χ3v) is 3.70. The normalized spacial score (nSPS) is 30.7. The van der Waals surface area contributed by atoms with Gasteiger partial charge in [0.15, 0.2) is 0 Å². The molecule has 1 aromatic heterocycles. The number of nitrogens with one attached hydrogen (secondary N) is 1. The minimum absolute atomic E-state index is 0.566. The molecule has 0 amide bonds. The average Bonchev–Trinajstić information content (AvgIpc) is 2.60. The van der Waals surface area contributed by atoms with Crippen LogP contribution in [0.4, 0.5) is 5.82 Å². The van der Waals surface area contributed by atoms with Crippen molar-refractivity contribution in [2.45, 2.75) is 31.7 Å². The first-order chi connectivity index (χ1) is 7.24. The molecule has 3 N–H and O–H groups in total. The molecular weight excluding hydrogens is 186 g/mol. The average molecular weight is 205 g/mol. The molecule has 1 heterocycles. The van der Waals surface area contributed by atoms with Gasteiger partial charge in [0, 0.05) is 12.2 Å². The van der Waals surface area contributed by atoms with Crippen LogP contribution in [0.5, 0.6) is 0 Å². The van der Waals surface area contributed by atoms with E-state index in [4.69, 9.17) is 5.73 Å². The summed E-state index contributed by atoms with van der Waals surface area (Å²) in [6.07, 6.45) is 4.20. The van der Waals surface area contributed by atoms with Crippen LogP contribution in [0, 0.1) is 5.92 Å². The van der Waals surface area contributed by atoms with E-state index in [1.54, 1.807) is 6.20 Å². The van der Waals surface area contributed by atoms with E-state index >= 15 is 0 Å². The second-order valence-corrected chi connectivity index (χ2v) is 4.42. The molecule has 2 rings (SSSR count). The first-order valence-electron chi connectivity index (χ1n) is 5.61. The number of aromatic nitrogens is 1. The number of nitrogen functional groups attached to an aromatic ring is 1. The van der Waals surface area contributed by atoms with Crippen molar-refractivity contribution >= 4 is 5.82 Å². The first kappa shape index (κ1) is 10.4. The molecule has 1 fully saturated rings. The highest BCUT2D eigenvalue weighted by atomic mass is 14.9. The molecule has 0 aromatic carbocycles. The van der Waals surface area contributed by atoms with Gasteiger partial charge in [-0.2, -0.15) is 0 Å². The second kappa shape index (κ2) is 4.19. The second-order valence-electron chi connectivity index (χ2n) is 4.42. The molecule has 1 aliphatic rings. The Labute approximate surface area is 91.1 Å². The van der Waals surface area contributed by atoms with Gasteiger partial charge in [-0.25, -0.2) is 4.98 Å². The largest absolute Gasteiger partial charge is 0.383 e. The Kier molecular flexibility index (Phi) is 2.91. The summed E-state index contributed by atoms with van der Waals surface area (Å²) in [5.74, 6) is 1.91. The van der Waals surface area contributed by atoms with Gasteiger partial charge in [-0.05, 0) is 43.4 Å². The zero-order valence-corrected chi connectivity index (χ0v) is 9.40. The van der Waals surface area contributed by atoms with Crippen LogP contribution in [0.3, 0.4) is 0 Å². The SMILES string of the molecule is CNC1CCC(c2cccnc2N)C1C. The van der Waals surface area contributed by atoms with Crippen molar-refractivity contribution in [2.24, 2.45) is 5.92 Å². The first-order valence-corrected chi connectivity index (χ1v) is 5.61. The van der Waals surface area contributed by atoms with Crippen LogP contribution in [0.25, 0.3) is 0 Å². The molecule has 15 heavy (non-hydrogen) atoms. The van der Waals surface area contributed by atoms with Crippen LogP contribution in [0.1, 0.15) is 31.2 Å². The summed E-state index contributed by atoms with van der Waals surface area (Å²) in [5, 5.41) is 3.37. The summed E-state index contributed by atoms with van der Waals surface area (Å²) in [6.45, 7) is 2.30. The van der Waals surface area contributed by atoms with E-state index in [9.17, 15) is 0 Å². The van der Waals surface area contributed by atoms with Crippen molar-refractivity contribution in [3.8, 4) is 0 Å². The molecule has 3 nitrogen and oxygen atoms in total. The maximum absolute atomic E-state index is 5.92. The van der Waals surface area contributed by atoms with Crippen LogP contribution in [-0.2, 0) is 0 Å². The van der Waals surface area contributed by atoms with Crippen LogP contribution in [-0.4, -0.2) is 18.1 Å². The fourth-order valence-corrected chi connectivity index (χ4v) is 2.75. The van der Waals surface area contributed by atoms with Crippen molar-refractivity contribution < 1.29 is 0 Å². The topological polar surface area (TPSA) is 50.9 Å². The minimum atomic E-state index is 0.566. The standard InChI is InChI=1S/C12H19N3/c1-8-9(5-6-11(8)14-2)10-4-3-7-15-12(10)13/h3-4,7-9,11,14H,5-6H2,1-2H3,(H2,13,15). The van der Waals surface area contributed by atoms with E-state index < -0.39 is 0 Å². The van der Waals surface area contributed by atoms with Gasteiger partial charge in [0.2, 0.25) is 0 Å². The molecule has 0 saturated heterocycles. The molecule has 3 heteroatoms. The summed E-state index contributed by atoms with van der Waals surface area (Å²) in [6, 6.07) is 4.71. The number of rotatable bonds is 2. The Hall–Kier alpha value is -1.09. The lowest BCUT2D eigenvalue weighted by Crippen LogP contribution is -2.29. The van der Waals surface area contributed by atoms with Crippen molar-refractivity contribution in [2.75, 3.05) is 12.8 Å². The Morgan fingerprint density at radius 1 is 1.47 bits per heavy atom. The maximum atomic E-state index is 5.92. The predicted octanol–water partition coefficient (Wildman–Crippen LogP) is 1.77. The van der Waals surface area contributed by atoms with Gasteiger partial charge in [0.25, 0.3) is 0 Å². The highest BCUT2D eigenvalue weighted by molar-refractivity contribution is 5.42. The molecule has 0 aliphatic heterocycles. The van der Waals surface area contributed by atoms with Gasteiger partial charge >= 0.3 is 0 Å². The number of nitrogens with zero attached hydrogens (tertiary/aromatic N) is 1. The number of anilines is 1. The molecule has 0 spiro atoms. The van der Waals surface area contributed by atoms with Gasteiger partial charge < -0.3 is 11.1 Å². The smallest absolute Gasteiger partial charge is 0.126 e. The third kappa shape index (κ3) is 1.84. The molecule has 3 unspecified atom stereocenters. The zero-order valence-electron chi connectivity index (χ0n) is 9.40. The van der Waals surface area contributed by atoms with E-state index in [1.807, 2.05) is 13.1 Å². The highest BCUT2D eigenvalue weighted by Gasteiger charge is 2.33. The highest BCUT2D eigenvalue weighted by Crippen LogP contribution is 2.40. The van der Waals surface area contributed by atoms with Gasteiger partial charge in [0.1, 0.15) is 5.82 Å². The van der Waals surface area contributed by atoms with Crippen LogP contribution >= 0.6 is 0 Å². The van der Waals surface area contributed by atoms with Crippen molar-refractivity contribution in [3.05, 3.63) is 23.9 Å². The minimum Gasteiger partial charge on any atom is -0.383 e. The Morgan fingerprint density at radius 3 is 2.87 bits per heavy atom. The lowest BCUT2D eigenvalue weighted by atomic mass is 9.89. The number of hydrogen-bond donors (Lipinski definition) is 2. The third-order valence-electron chi connectivity index (χ3n) is 3.70. The summed E-state index contributed by atoms with van der Waals surface area (Å²) < 4.78 is 0. The van der Waals surface area contributed by atoms with Crippen molar-refractivity contribution in [1.82, 2.24) is 10.3 Å².